The first-order valence-electron chi connectivity index (χ1n) is 21.5. The lowest BCUT2D eigenvalue weighted by Gasteiger charge is -2.28. The summed E-state index contributed by atoms with van der Waals surface area (Å²) in [6.07, 6.45) is 0.455. The Bertz CT molecular complexity index is 2520. The van der Waals surface area contributed by atoms with Crippen LogP contribution in [0.1, 0.15) is 44.9 Å². The molecule has 0 radical (unpaired) electrons. The summed E-state index contributed by atoms with van der Waals surface area (Å²) in [6, 6.07) is 41.5. The molecular weight excluding hydrogens is 765 g/mol. The van der Waals surface area contributed by atoms with E-state index in [0.29, 0.717) is 46.2 Å². The molecule has 0 bridgehead atoms. The Morgan fingerprint density at radius 3 is 1.39 bits per heavy atom. The Morgan fingerprint density at radius 1 is 0.459 bits per heavy atom. The maximum absolute atomic E-state index is 6.83. The predicted octanol–water partition coefficient (Wildman–Crippen LogP) is 10.2. The fourth-order valence-electron chi connectivity index (χ4n) is 8.23. The molecule has 8 heteroatoms. The average Bonchev–Trinajstić information content (AvgIpc) is 4.10. The zero-order chi connectivity index (χ0) is 41.5. The molecule has 3 unspecified atom stereocenters. The second kappa shape index (κ2) is 17.0. The highest BCUT2D eigenvalue weighted by Crippen LogP contribution is 2.47. The van der Waals surface area contributed by atoms with Gasteiger partial charge in [0, 0.05) is 17.0 Å². The minimum Gasteiger partial charge on any atom is -0.491 e. The Balaban J connectivity index is 1.14. The van der Waals surface area contributed by atoms with Gasteiger partial charge < -0.3 is 37.9 Å². The van der Waals surface area contributed by atoms with Gasteiger partial charge in [0.05, 0.1) is 33.0 Å². The molecule has 10 rings (SSSR count). The van der Waals surface area contributed by atoms with E-state index in [0.717, 1.165) is 96.4 Å². The van der Waals surface area contributed by atoms with Crippen LogP contribution in [-0.4, -0.2) is 77.3 Å². The van der Waals surface area contributed by atoms with Gasteiger partial charge in [0.2, 0.25) is 0 Å². The van der Waals surface area contributed by atoms with Gasteiger partial charge in [-0.25, -0.2) is 0 Å². The van der Waals surface area contributed by atoms with Gasteiger partial charge >= 0.3 is 0 Å². The van der Waals surface area contributed by atoms with E-state index in [4.69, 9.17) is 37.9 Å². The van der Waals surface area contributed by atoms with Crippen LogP contribution in [0.3, 0.4) is 0 Å². The van der Waals surface area contributed by atoms with Crippen molar-refractivity contribution in [2.45, 2.75) is 58.0 Å². The fourth-order valence-corrected chi connectivity index (χ4v) is 8.23. The number of ether oxygens (including phenoxy) is 8. The van der Waals surface area contributed by atoms with Crippen LogP contribution >= 0.6 is 0 Å². The molecule has 4 aliphatic heterocycles. The van der Waals surface area contributed by atoms with Crippen molar-refractivity contribution in [2.75, 3.05) is 52.9 Å². The standard InChI is InChI=1S/C53H52O8/c1-32-18-39(14-16-49(32)58-29-43-26-55-43)41-20-34(3)52(59-30-44-27-56-44)47(22-41)51(38-12-10-37(11-13-38)36-8-6-5-7-9-36)48-23-42(21-35(4)53(48)60-31-45-28-57-45)40-15-17-50(33(2)19-40)61-46-24-54-25-46/h5-23,43-46,51H,24-31H2,1-4H3/t43?,44?,45-,51?/m1/s1. The summed E-state index contributed by atoms with van der Waals surface area (Å²) in [7, 11) is 0. The topological polar surface area (TPSA) is 83.7 Å². The van der Waals surface area contributed by atoms with Crippen LogP contribution < -0.4 is 18.9 Å². The van der Waals surface area contributed by atoms with Crippen molar-refractivity contribution in [1.82, 2.24) is 0 Å². The first kappa shape index (κ1) is 39.5. The van der Waals surface area contributed by atoms with E-state index in [1.54, 1.807) is 0 Å². The second-order valence-corrected chi connectivity index (χ2v) is 16.9. The summed E-state index contributed by atoms with van der Waals surface area (Å²) >= 11 is 0. The van der Waals surface area contributed by atoms with Crippen molar-refractivity contribution < 1.29 is 37.9 Å². The number of aryl methyl sites for hydroxylation is 4. The Morgan fingerprint density at radius 2 is 0.918 bits per heavy atom. The fraction of sp³-hybridized carbons (Fsp3) is 0.321. The second-order valence-electron chi connectivity index (χ2n) is 16.9. The number of hydrogen-bond acceptors (Lipinski definition) is 8. The summed E-state index contributed by atoms with van der Waals surface area (Å²) in [5.41, 5.74) is 14.2. The van der Waals surface area contributed by atoms with Crippen LogP contribution in [0.4, 0.5) is 0 Å². The highest BCUT2D eigenvalue weighted by Gasteiger charge is 2.32. The first-order chi connectivity index (χ1) is 29.8. The molecule has 312 valence electrons. The zero-order valence-corrected chi connectivity index (χ0v) is 35.3. The minimum absolute atomic E-state index is 0.0850. The SMILES string of the molecule is Cc1cc(-c2cc(C)c(OCC3CO3)c(C(c3ccc(-c4ccccc4)cc3)c3cc(-c4ccc(OC5COC5)c(C)c4)cc(C)c3OC[C@H]3CO3)c2)ccc1OCC1CO1. The van der Waals surface area contributed by atoms with E-state index >= 15 is 0 Å². The van der Waals surface area contributed by atoms with Crippen LogP contribution in [0.25, 0.3) is 33.4 Å². The normalized spacial score (nSPS) is 19.4. The van der Waals surface area contributed by atoms with Gasteiger partial charge in [0.15, 0.2) is 0 Å². The maximum Gasteiger partial charge on any atom is 0.145 e. The van der Waals surface area contributed by atoms with Crippen LogP contribution in [-0.2, 0) is 18.9 Å². The van der Waals surface area contributed by atoms with Gasteiger partial charge in [-0.3, -0.25) is 0 Å². The molecule has 0 N–H and O–H groups in total. The number of benzene rings is 6. The molecule has 0 spiro atoms. The Labute approximate surface area is 358 Å². The molecule has 6 aromatic carbocycles. The molecule has 0 amide bonds. The summed E-state index contributed by atoms with van der Waals surface area (Å²) in [4.78, 5) is 0. The molecule has 4 aliphatic rings. The number of epoxide rings is 3. The predicted molar refractivity (Wildman–Crippen MR) is 236 cm³/mol. The van der Waals surface area contributed by atoms with Crippen molar-refractivity contribution in [3.8, 4) is 56.4 Å². The Kier molecular flexibility index (Phi) is 11.0. The average molecular weight is 817 g/mol. The molecule has 4 saturated heterocycles. The van der Waals surface area contributed by atoms with E-state index in [9.17, 15) is 0 Å². The molecule has 4 fully saturated rings. The molecule has 0 aromatic heterocycles. The third-order valence-electron chi connectivity index (χ3n) is 12.0. The smallest absolute Gasteiger partial charge is 0.145 e. The van der Waals surface area contributed by atoms with Gasteiger partial charge in [-0.1, -0.05) is 66.7 Å². The number of hydrogen-bond donors (Lipinski definition) is 0. The third-order valence-corrected chi connectivity index (χ3v) is 12.0. The van der Waals surface area contributed by atoms with E-state index in [-0.39, 0.29) is 30.3 Å². The lowest BCUT2D eigenvalue weighted by Crippen LogP contribution is -2.38. The van der Waals surface area contributed by atoms with E-state index in [1.165, 1.54) is 5.56 Å². The van der Waals surface area contributed by atoms with Crippen LogP contribution in [0, 0.1) is 27.7 Å². The highest BCUT2D eigenvalue weighted by molar-refractivity contribution is 5.74. The molecule has 4 heterocycles. The number of rotatable bonds is 17. The third kappa shape index (κ3) is 9.05. The van der Waals surface area contributed by atoms with Gasteiger partial charge in [-0.2, -0.15) is 0 Å². The van der Waals surface area contributed by atoms with Crippen LogP contribution in [0.15, 0.2) is 115 Å². The van der Waals surface area contributed by atoms with Gasteiger partial charge in [-0.05, 0) is 137 Å². The first-order valence-corrected chi connectivity index (χ1v) is 21.5. The molecule has 0 saturated carbocycles. The molecule has 8 nitrogen and oxygen atoms in total. The summed E-state index contributed by atoms with van der Waals surface area (Å²) in [5, 5.41) is 0. The highest BCUT2D eigenvalue weighted by atomic mass is 16.6. The summed E-state index contributed by atoms with van der Waals surface area (Å²) in [5.74, 6) is 3.19. The molecule has 0 aliphatic carbocycles. The summed E-state index contributed by atoms with van der Waals surface area (Å²) < 4.78 is 48.2. The quantitative estimate of drug-likeness (QED) is 0.0665. The molecule has 6 aromatic rings. The molecular formula is C53H52O8. The van der Waals surface area contributed by atoms with Crippen molar-refractivity contribution in [3.63, 3.8) is 0 Å². The van der Waals surface area contributed by atoms with Gasteiger partial charge in [0.1, 0.15) is 67.2 Å². The van der Waals surface area contributed by atoms with Crippen LogP contribution in [0.2, 0.25) is 0 Å². The largest absolute Gasteiger partial charge is 0.491 e. The lowest BCUT2D eigenvalue weighted by atomic mass is 9.80. The molecule has 4 atom stereocenters. The van der Waals surface area contributed by atoms with E-state index in [2.05, 4.69) is 143 Å². The van der Waals surface area contributed by atoms with Gasteiger partial charge in [0.25, 0.3) is 0 Å². The van der Waals surface area contributed by atoms with E-state index < -0.39 is 0 Å². The maximum atomic E-state index is 6.83. The monoisotopic (exact) mass is 816 g/mol. The van der Waals surface area contributed by atoms with Crippen molar-refractivity contribution in [1.29, 1.82) is 0 Å². The Hall–Kier alpha value is -5.64. The zero-order valence-electron chi connectivity index (χ0n) is 35.3. The van der Waals surface area contributed by atoms with Crippen molar-refractivity contribution >= 4 is 0 Å². The van der Waals surface area contributed by atoms with Crippen LogP contribution in [0.5, 0.6) is 23.0 Å². The summed E-state index contributed by atoms with van der Waals surface area (Å²) in [6.45, 7) is 13.5. The molecule has 61 heavy (non-hydrogen) atoms. The minimum atomic E-state index is -0.281. The lowest BCUT2D eigenvalue weighted by molar-refractivity contribution is -0.0799. The van der Waals surface area contributed by atoms with E-state index in [1.807, 2.05) is 0 Å². The van der Waals surface area contributed by atoms with Gasteiger partial charge in [-0.15, -0.1) is 0 Å². The van der Waals surface area contributed by atoms with Crippen molar-refractivity contribution in [3.05, 3.63) is 154 Å². The van der Waals surface area contributed by atoms with Crippen molar-refractivity contribution in [2.24, 2.45) is 0 Å².